The smallest absolute Gasteiger partial charge is 0.213 e. The van der Waals surface area contributed by atoms with Crippen molar-refractivity contribution < 1.29 is 4.74 Å². The summed E-state index contributed by atoms with van der Waals surface area (Å²) < 4.78 is 5.18. The average molecular weight is 298 g/mol. The maximum Gasteiger partial charge on any atom is 0.213 e. The van der Waals surface area contributed by atoms with Gasteiger partial charge in [-0.1, -0.05) is 12.1 Å². The van der Waals surface area contributed by atoms with Crippen molar-refractivity contribution in [2.45, 2.75) is 13.1 Å². The van der Waals surface area contributed by atoms with Crippen LogP contribution in [0.2, 0.25) is 0 Å². The van der Waals surface area contributed by atoms with Crippen LogP contribution in [-0.4, -0.2) is 53.1 Å². The molecule has 0 radical (unpaired) electrons. The highest BCUT2D eigenvalue weighted by Gasteiger charge is 2.17. The molecule has 5 heteroatoms. The number of nitrogens with zero attached hydrogens (tertiary/aromatic N) is 4. The molecule has 2 aromatic rings. The Labute approximate surface area is 131 Å². The molecule has 0 amide bonds. The molecule has 0 bridgehead atoms. The van der Waals surface area contributed by atoms with E-state index in [9.17, 15) is 0 Å². The highest BCUT2D eigenvalue weighted by molar-refractivity contribution is 5.15. The van der Waals surface area contributed by atoms with E-state index in [2.05, 4.69) is 31.9 Å². The molecule has 1 saturated heterocycles. The van der Waals surface area contributed by atoms with Gasteiger partial charge in [0, 0.05) is 57.7 Å². The summed E-state index contributed by atoms with van der Waals surface area (Å²) >= 11 is 0. The maximum absolute atomic E-state index is 5.18. The lowest BCUT2D eigenvalue weighted by Gasteiger charge is -2.34. The lowest BCUT2D eigenvalue weighted by Crippen LogP contribution is -2.45. The number of hydrogen-bond acceptors (Lipinski definition) is 5. The topological polar surface area (TPSA) is 41.5 Å². The summed E-state index contributed by atoms with van der Waals surface area (Å²) in [5.41, 5.74) is 2.35. The van der Waals surface area contributed by atoms with Crippen LogP contribution in [0.25, 0.3) is 0 Å². The number of rotatable bonds is 5. The van der Waals surface area contributed by atoms with Crippen molar-refractivity contribution in [2.75, 3.05) is 33.3 Å². The minimum Gasteiger partial charge on any atom is -0.481 e. The Balaban J connectivity index is 1.49. The van der Waals surface area contributed by atoms with Crippen LogP contribution in [-0.2, 0) is 13.1 Å². The molecule has 2 aromatic heterocycles. The van der Waals surface area contributed by atoms with Crippen LogP contribution in [0.5, 0.6) is 5.88 Å². The van der Waals surface area contributed by atoms with Gasteiger partial charge in [0.15, 0.2) is 0 Å². The summed E-state index contributed by atoms with van der Waals surface area (Å²) in [6, 6.07) is 10.1. The molecule has 0 saturated carbocycles. The van der Waals surface area contributed by atoms with E-state index in [1.807, 2.05) is 30.6 Å². The molecule has 1 aliphatic rings. The quantitative estimate of drug-likeness (QED) is 0.842. The van der Waals surface area contributed by atoms with Gasteiger partial charge >= 0.3 is 0 Å². The number of pyridine rings is 2. The third-order valence-electron chi connectivity index (χ3n) is 3.97. The average Bonchev–Trinajstić information content (AvgIpc) is 2.58. The van der Waals surface area contributed by atoms with Gasteiger partial charge in [-0.3, -0.25) is 14.8 Å². The summed E-state index contributed by atoms with van der Waals surface area (Å²) in [7, 11) is 1.66. The van der Waals surface area contributed by atoms with E-state index in [0.717, 1.165) is 45.0 Å². The number of methoxy groups -OCH3 is 1. The van der Waals surface area contributed by atoms with Gasteiger partial charge < -0.3 is 4.74 Å². The van der Waals surface area contributed by atoms with Gasteiger partial charge in [0.05, 0.1) is 12.8 Å². The summed E-state index contributed by atoms with van der Waals surface area (Å²) in [5, 5.41) is 0. The van der Waals surface area contributed by atoms with E-state index in [1.54, 1.807) is 7.11 Å². The normalized spacial score (nSPS) is 16.6. The fourth-order valence-electron chi connectivity index (χ4n) is 2.74. The summed E-state index contributed by atoms with van der Waals surface area (Å²) in [4.78, 5) is 13.6. The molecule has 0 aliphatic carbocycles. The van der Waals surface area contributed by atoms with Crippen molar-refractivity contribution in [3.05, 3.63) is 54.0 Å². The van der Waals surface area contributed by atoms with Crippen molar-refractivity contribution in [3.63, 3.8) is 0 Å². The number of piperazine rings is 1. The zero-order valence-corrected chi connectivity index (χ0v) is 13.0. The van der Waals surface area contributed by atoms with Gasteiger partial charge in [-0.2, -0.15) is 0 Å². The van der Waals surface area contributed by atoms with Gasteiger partial charge in [0.25, 0.3) is 0 Å². The lowest BCUT2D eigenvalue weighted by atomic mass is 10.2. The second kappa shape index (κ2) is 7.33. The number of aromatic nitrogens is 2. The van der Waals surface area contributed by atoms with Crippen molar-refractivity contribution in [1.29, 1.82) is 0 Å². The van der Waals surface area contributed by atoms with E-state index in [0.29, 0.717) is 5.88 Å². The molecule has 0 unspecified atom stereocenters. The molecule has 0 N–H and O–H groups in total. The third-order valence-corrected chi connectivity index (χ3v) is 3.97. The molecular formula is C17H22N4O. The van der Waals surface area contributed by atoms with Gasteiger partial charge in [0.1, 0.15) is 0 Å². The van der Waals surface area contributed by atoms with Crippen LogP contribution in [0.1, 0.15) is 11.3 Å². The van der Waals surface area contributed by atoms with Gasteiger partial charge in [-0.25, -0.2) is 4.98 Å². The van der Waals surface area contributed by atoms with Crippen molar-refractivity contribution >= 4 is 0 Å². The molecule has 1 fully saturated rings. The molecule has 0 aromatic carbocycles. The summed E-state index contributed by atoms with van der Waals surface area (Å²) in [6.45, 7) is 6.17. The van der Waals surface area contributed by atoms with Gasteiger partial charge in [0.2, 0.25) is 5.88 Å². The minimum atomic E-state index is 0.688. The molecule has 0 atom stereocenters. The van der Waals surface area contributed by atoms with E-state index in [-0.39, 0.29) is 0 Å². The first-order chi connectivity index (χ1) is 10.8. The van der Waals surface area contributed by atoms with E-state index in [4.69, 9.17) is 4.74 Å². The summed E-state index contributed by atoms with van der Waals surface area (Å²) in [6.07, 6.45) is 3.77. The van der Waals surface area contributed by atoms with E-state index >= 15 is 0 Å². The van der Waals surface area contributed by atoms with Crippen LogP contribution >= 0.6 is 0 Å². The Hall–Kier alpha value is -1.98. The lowest BCUT2D eigenvalue weighted by molar-refractivity contribution is 0.120. The Morgan fingerprint density at radius 3 is 2.45 bits per heavy atom. The molecular weight excluding hydrogens is 276 g/mol. The predicted octanol–water partition coefficient (Wildman–Crippen LogP) is 1.80. The van der Waals surface area contributed by atoms with Crippen LogP contribution < -0.4 is 4.74 Å². The Bertz CT molecular complexity index is 582. The first-order valence-electron chi connectivity index (χ1n) is 7.67. The second-order valence-electron chi connectivity index (χ2n) is 5.58. The van der Waals surface area contributed by atoms with Crippen LogP contribution in [0.3, 0.4) is 0 Å². The monoisotopic (exact) mass is 298 g/mol. The molecule has 3 rings (SSSR count). The van der Waals surface area contributed by atoms with E-state index in [1.165, 1.54) is 5.56 Å². The molecule has 0 spiro atoms. The Kier molecular flexibility index (Phi) is 4.98. The largest absolute Gasteiger partial charge is 0.481 e. The van der Waals surface area contributed by atoms with Gasteiger partial charge in [-0.15, -0.1) is 0 Å². The highest BCUT2D eigenvalue weighted by Crippen LogP contribution is 2.12. The number of ether oxygens (including phenoxy) is 1. The first-order valence-corrected chi connectivity index (χ1v) is 7.67. The van der Waals surface area contributed by atoms with Crippen molar-refractivity contribution in [3.8, 4) is 5.88 Å². The second-order valence-corrected chi connectivity index (χ2v) is 5.58. The van der Waals surface area contributed by atoms with Crippen LogP contribution in [0.4, 0.5) is 0 Å². The van der Waals surface area contributed by atoms with Crippen LogP contribution in [0.15, 0.2) is 42.7 Å². The van der Waals surface area contributed by atoms with Crippen molar-refractivity contribution in [2.24, 2.45) is 0 Å². The SMILES string of the molecule is COc1cccc(CN2CCN(Cc3cccnc3)CC2)n1. The Morgan fingerprint density at radius 2 is 1.77 bits per heavy atom. The molecule has 1 aliphatic heterocycles. The summed E-state index contributed by atoms with van der Waals surface area (Å²) in [5.74, 6) is 0.688. The fourth-order valence-corrected chi connectivity index (χ4v) is 2.74. The van der Waals surface area contributed by atoms with Crippen molar-refractivity contribution in [1.82, 2.24) is 19.8 Å². The maximum atomic E-state index is 5.18. The zero-order valence-electron chi connectivity index (χ0n) is 13.0. The zero-order chi connectivity index (χ0) is 15.2. The van der Waals surface area contributed by atoms with E-state index < -0.39 is 0 Å². The molecule has 3 heterocycles. The fraction of sp³-hybridized carbons (Fsp3) is 0.412. The molecule has 5 nitrogen and oxygen atoms in total. The standard InChI is InChI=1S/C17H22N4O/c1-22-17-6-2-5-16(19-17)14-21-10-8-20(9-11-21)13-15-4-3-7-18-12-15/h2-7,12H,8-11,13-14H2,1H3. The Morgan fingerprint density at radius 1 is 1.00 bits per heavy atom. The predicted molar refractivity (Wildman–Crippen MR) is 85.6 cm³/mol. The highest BCUT2D eigenvalue weighted by atomic mass is 16.5. The number of hydrogen-bond donors (Lipinski definition) is 0. The molecule has 22 heavy (non-hydrogen) atoms. The minimum absolute atomic E-state index is 0.688. The first kappa shape index (κ1) is 14.9. The third kappa shape index (κ3) is 4.02. The molecule has 116 valence electrons. The van der Waals surface area contributed by atoms with Gasteiger partial charge in [-0.05, 0) is 17.7 Å². The van der Waals surface area contributed by atoms with Crippen LogP contribution in [0, 0.1) is 0 Å².